The van der Waals surface area contributed by atoms with Crippen molar-refractivity contribution in [3.63, 3.8) is 0 Å². The van der Waals surface area contributed by atoms with Crippen LogP contribution in [0.1, 0.15) is 52.9 Å². The summed E-state index contributed by atoms with van der Waals surface area (Å²) in [7, 11) is 0. The van der Waals surface area contributed by atoms with E-state index in [2.05, 4.69) is 6.92 Å². The van der Waals surface area contributed by atoms with Gasteiger partial charge in [-0.1, -0.05) is 19.8 Å². The number of carbonyl (C=O) groups is 3. The standard InChI is InChI=1S/C16H26O5/c1-4-7-11-8-9-12(17)10-13(11)14(15(18)20-5-2)16(19)21-6-3/h11,13-14H,4-10H2,1-3H3. The van der Waals surface area contributed by atoms with Crippen molar-refractivity contribution in [3.05, 3.63) is 0 Å². The van der Waals surface area contributed by atoms with Crippen molar-refractivity contribution in [3.8, 4) is 0 Å². The number of Topliss-reactive ketones (excluding diaryl/α,β-unsaturated/α-hetero) is 1. The minimum atomic E-state index is -0.967. The lowest BCUT2D eigenvalue weighted by atomic mass is 9.70. The van der Waals surface area contributed by atoms with E-state index in [1.54, 1.807) is 13.8 Å². The first-order valence-electron chi connectivity index (χ1n) is 7.90. The smallest absolute Gasteiger partial charge is 0.320 e. The average Bonchev–Trinajstić information content (AvgIpc) is 2.43. The summed E-state index contributed by atoms with van der Waals surface area (Å²) in [5.41, 5.74) is 0. The maximum absolute atomic E-state index is 12.2. The fraction of sp³-hybridized carbons (Fsp3) is 0.812. The zero-order valence-corrected chi connectivity index (χ0v) is 13.2. The monoisotopic (exact) mass is 298 g/mol. The number of rotatable bonds is 7. The van der Waals surface area contributed by atoms with E-state index in [9.17, 15) is 14.4 Å². The number of carbonyl (C=O) groups excluding carboxylic acids is 3. The van der Waals surface area contributed by atoms with Crippen LogP contribution in [0.2, 0.25) is 0 Å². The first-order chi connectivity index (χ1) is 10.0. The minimum absolute atomic E-state index is 0.117. The number of esters is 2. The van der Waals surface area contributed by atoms with Gasteiger partial charge in [-0.25, -0.2) is 0 Å². The van der Waals surface area contributed by atoms with Crippen LogP contribution < -0.4 is 0 Å². The molecule has 1 aliphatic carbocycles. The number of ketones is 1. The molecule has 120 valence electrons. The van der Waals surface area contributed by atoms with Crippen LogP contribution in [0.15, 0.2) is 0 Å². The van der Waals surface area contributed by atoms with Crippen molar-refractivity contribution in [1.29, 1.82) is 0 Å². The Hall–Kier alpha value is -1.39. The quantitative estimate of drug-likeness (QED) is 0.533. The Morgan fingerprint density at radius 2 is 1.71 bits per heavy atom. The Labute approximate surface area is 126 Å². The minimum Gasteiger partial charge on any atom is -0.465 e. The third kappa shape index (κ3) is 4.83. The van der Waals surface area contributed by atoms with Gasteiger partial charge in [-0.3, -0.25) is 14.4 Å². The molecule has 0 aromatic rings. The van der Waals surface area contributed by atoms with E-state index in [0.29, 0.717) is 6.42 Å². The van der Waals surface area contributed by atoms with Gasteiger partial charge >= 0.3 is 11.9 Å². The molecule has 0 aromatic heterocycles. The molecule has 0 radical (unpaired) electrons. The predicted molar refractivity (Wildman–Crippen MR) is 77.5 cm³/mol. The van der Waals surface area contributed by atoms with E-state index in [0.717, 1.165) is 19.3 Å². The van der Waals surface area contributed by atoms with Crippen molar-refractivity contribution in [1.82, 2.24) is 0 Å². The van der Waals surface area contributed by atoms with Crippen LogP contribution in [-0.2, 0) is 23.9 Å². The highest BCUT2D eigenvalue weighted by molar-refractivity contribution is 5.96. The third-order valence-electron chi connectivity index (χ3n) is 4.03. The van der Waals surface area contributed by atoms with Crippen molar-refractivity contribution in [2.24, 2.45) is 17.8 Å². The predicted octanol–water partition coefficient (Wildman–Crippen LogP) is 2.51. The Kier molecular flexibility index (Phi) is 7.40. The normalized spacial score (nSPS) is 22.2. The zero-order chi connectivity index (χ0) is 15.8. The Morgan fingerprint density at radius 3 is 2.19 bits per heavy atom. The van der Waals surface area contributed by atoms with Crippen LogP contribution >= 0.6 is 0 Å². The highest BCUT2D eigenvalue weighted by Crippen LogP contribution is 2.37. The highest BCUT2D eigenvalue weighted by Gasteiger charge is 2.43. The molecule has 0 spiro atoms. The van der Waals surface area contributed by atoms with Gasteiger partial charge in [0.05, 0.1) is 13.2 Å². The lowest BCUT2D eigenvalue weighted by Crippen LogP contribution is -2.41. The van der Waals surface area contributed by atoms with Gasteiger partial charge in [0.15, 0.2) is 5.92 Å². The van der Waals surface area contributed by atoms with Gasteiger partial charge in [0, 0.05) is 12.8 Å². The molecule has 0 aromatic carbocycles. The first kappa shape index (κ1) is 17.7. The van der Waals surface area contributed by atoms with Crippen molar-refractivity contribution in [2.75, 3.05) is 13.2 Å². The van der Waals surface area contributed by atoms with Crippen LogP contribution in [0, 0.1) is 17.8 Å². The topological polar surface area (TPSA) is 69.7 Å². The molecule has 2 unspecified atom stereocenters. The summed E-state index contributed by atoms with van der Waals surface area (Å²) in [5, 5.41) is 0. The second-order valence-corrected chi connectivity index (χ2v) is 5.48. The van der Waals surface area contributed by atoms with Crippen LogP contribution in [-0.4, -0.2) is 30.9 Å². The summed E-state index contributed by atoms with van der Waals surface area (Å²) in [6.45, 7) is 5.91. The van der Waals surface area contributed by atoms with Gasteiger partial charge in [-0.2, -0.15) is 0 Å². The molecule has 5 heteroatoms. The maximum Gasteiger partial charge on any atom is 0.320 e. The molecule has 0 heterocycles. The van der Waals surface area contributed by atoms with Gasteiger partial charge in [0.1, 0.15) is 5.78 Å². The van der Waals surface area contributed by atoms with Crippen molar-refractivity contribution in [2.45, 2.75) is 52.9 Å². The molecule has 1 saturated carbocycles. The Bertz CT molecular complexity index is 359. The van der Waals surface area contributed by atoms with E-state index in [1.165, 1.54) is 0 Å². The fourth-order valence-corrected chi connectivity index (χ4v) is 3.12. The fourth-order valence-electron chi connectivity index (χ4n) is 3.12. The van der Waals surface area contributed by atoms with Crippen LogP contribution in [0.3, 0.4) is 0 Å². The van der Waals surface area contributed by atoms with Gasteiger partial charge in [0.25, 0.3) is 0 Å². The van der Waals surface area contributed by atoms with Crippen molar-refractivity contribution < 1.29 is 23.9 Å². The first-order valence-corrected chi connectivity index (χ1v) is 7.90. The molecular weight excluding hydrogens is 272 g/mol. The molecule has 0 saturated heterocycles. The molecule has 1 fully saturated rings. The summed E-state index contributed by atoms with van der Waals surface area (Å²) < 4.78 is 10.1. The molecule has 0 aliphatic heterocycles. The molecule has 0 bridgehead atoms. The molecule has 0 N–H and O–H groups in total. The molecule has 2 atom stereocenters. The molecule has 21 heavy (non-hydrogen) atoms. The molecule has 1 rings (SSSR count). The largest absolute Gasteiger partial charge is 0.465 e. The number of hydrogen-bond donors (Lipinski definition) is 0. The van der Waals surface area contributed by atoms with E-state index < -0.39 is 17.9 Å². The van der Waals surface area contributed by atoms with E-state index in [-0.39, 0.29) is 37.3 Å². The summed E-state index contributed by atoms with van der Waals surface area (Å²) in [6.07, 6.45) is 3.43. The zero-order valence-electron chi connectivity index (χ0n) is 13.2. The van der Waals surface area contributed by atoms with Gasteiger partial charge in [-0.05, 0) is 32.1 Å². The summed E-state index contributed by atoms with van der Waals surface area (Å²) in [5.74, 6) is -2.05. The second kappa shape index (κ2) is 8.80. The SMILES string of the molecule is CCCC1CCC(=O)CC1C(C(=O)OCC)C(=O)OCC. The van der Waals surface area contributed by atoms with Crippen molar-refractivity contribution >= 4 is 17.7 Å². The summed E-state index contributed by atoms with van der Waals surface area (Å²) in [4.78, 5) is 36.1. The average molecular weight is 298 g/mol. The molecule has 0 amide bonds. The summed E-state index contributed by atoms with van der Waals surface area (Å²) in [6, 6.07) is 0. The van der Waals surface area contributed by atoms with E-state index >= 15 is 0 Å². The third-order valence-corrected chi connectivity index (χ3v) is 4.03. The van der Waals surface area contributed by atoms with Gasteiger partial charge in [-0.15, -0.1) is 0 Å². The van der Waals surface area contributed by atoms with Crippen LogP contribution in [0.5, 0.6) is 0 Å². The Morgan fingerprint density at radius 1 is 1.14 bits per heavy atom. The lowest BCUT2D eigenvalue weighted by molar-refractivity contribution is -0.166. The van der Waals surface area contributed by atoms with E-state index in [1.807, 2.05) is 0 Å². The second-order valence-electron chi connectivity index (χ2n) is 5.48. The molecular formula is C16H26O5. The molecule has 1 aliphatic rings. The van der Waals surface area contributed by atoms with Crippen LogP contribution in [0.4, 0.5) is 0 Å². The maximum atomic E-state index is 12.2. The van der Waals surface area contributed by atoms with Gasteiger partial charge < -0.3 is 9.47 Å². The van der Waals surface area contributed by atoms with E-state index in [4.69, 9.17) is 9.47 Å². The molecule has 5 nitrogen and oxygen atoms in total. The highest BCUT2D eigenvalue weighted by atomic mass is 16.6. The number of ether oxygens (including phenoxy) is 2. The summed E-state index contributed by atoms with van der Waals surface area (Å²) >= 11 is 0. The lowest BCUT2D eigenvalue weighted by Gasteiger charge is -2.34. The van der Waals surface area contributed by atoms with Gasteiger partial charge in [0.2, 0.25) is 0 Å². The number of hydrogen-bond acceptors (Lipinski definition) is 5. The van der Waals surface area contributed by atoms with Crippen LogP contribution in [0.25, 0.3) is 0 Å². The Balaban J connectivity index is 2.98.